The van der Waals surface area contributed by atoms with Crippen LogP contribution in [0.3, 0.4) is 0 Å². The first kappa shape index (κ1) is 28.3. The number of benzene rings is 2. The Morgan fingerprint density at radius 2 is 1.76 bits per heavy atom. The molecule has 202 valence electrons. The van der Waals surface area contributed by atoms with Crippen LogP contribution in [-0.4, -0.2) is 63.7 Å². The van der Waals surface area contributed by atoms with Gasteiger partial charge >= 0.3 is 0 Å². The van der Waals surface area contributed by atoms with Gasteiger partial charge in [-0.1, -0.05) is 50.6 Å². The van der Waals surface area contributed by atoms with Crippen LogP contribution in [-0.2, 0) is 26.2 Å². The van der Waals surface area contributed by atoms with Crippen LogP contribution in [0.5, 0.6) is 11.5 Å². The van der Waals surface area contributed by atoms with E-state index in [2.05, 4.69) is 5.32 Å². The number of nitrogens with one attached hydrogen (secondary N) is 1. The predicted molar refractivity (Wildman–Crippen MR) is 143 cm³/mol. The van der Waals surface area contributed by atoms with Crippen molar-refractivity contribution in [3.63, 3.8) is 0 Å². The molecule has 0 aromatic heterocycles. The largest absolute Gasteiger partial charge is 0.486 e. The molecule has 0 fully saturated rings. The molecule has 1 atom stereocenters. The topological polar surface area (TPSA) is 105 Å². The number of rotatable bonds is 11. The monoisotopic (exact) mass is 531 g/mol. The van der Waals surface area contributed by atoms with Gasteiger partial charge in [0.2, 0.25) is 21.8 Å². The minimum atomic E-state index is -3.84. The van der Waals surface area contributed by atoms with Gasteiger partial charge in [-0.3, -0.25) is 13.9 Å². The molecular weight excluding hydrogens is 494 g/mol. The Morgan fingerprint density at radius 1 is 1.05 bits per heavy atom. The highest BCUT2D eigenvalue weighted by molar-refractivity contribution is 7.92. The quantitative estimate of drug-likeness (QED) is 0.478. The van der Waals surface area contributed by atoms with Crippen molar-refractivity contribution < 1.29 is 27.5 Å². The summed E-state index contributed by atoms with van der Waals surface area (Å²) in [7, 11) is -3.84. The van der Waals surface area contributed by atoms with Crippen LogP contribution in [0.4, 0.5) is 5.69 Å². The van der Waals surface area contributed by atoms with Gasteiger partial charge in [-0.15, -0.1) is 0 Å². The number of carbonyl (C=O) groups is 2. The first-order valence-electron chi connectivity index (χ1n) is 12.5. The maximum absolute atomic E-state index is 13.8. The number of nitrogens with zero attached hydrogens (tertiary/aromatic N) is 2. The number of carbonyl (C=O) groups excluding carboxylic acids is 2. The first-order valence-corrected chi connectivity index (χ1v) is 14.3. The molecule has 1 aliphatic heterocycles. The van der Waals surface area contributed by atoms with Gasteiger partial charge in [-0.05, 0) is 37.0 Å². The van der Waals surface area contributed by atoms with Gasteiger partial charge in [-0.25, -0.2) is 8.42 Å². The van der Waals surface area contributed by atoms with Crippen LogP contribution in [0, 0.1) is 12.8 Å². The molecule has 0 spiro atoms. The minimum Gasteiger partial charge on any atom is -0.486 e. The highest BCUT2D eigenvalue weighted by Crippen LogP contribution is 2.34. The summed E-state index contributed by atoms with van der Waals surface area (Å²) in [5.41, 5.74) is 2.16. The lowest BCUT2D eigenvalue weighted by Crippen LogP contribution is -2.52. The van der Waals surface area contributed by atoms with Crippen molar-refractivity contribution in [1.82, 2.24) is 10.2 Å². The third-order valence-corrected chi connectivity index (χ3v) is 7.14. The Bertz CT molecular complexity index is 1210. The van der Waals surface area contributed by atoms with Crippen molar-refractivity contribution in [3.8, 4) is 11.5 Å². The second-order valence-electron chi connectivity index (χ2n) is 9.67. The molecule has 1 N–H and O–H groups in total. The zero-order chi connectivity index (χ0) is 27.2. The fourth-order valence-electron chi connectivity index (χ4n) is 4.15. The SMILES string of the molecule is CCC(C(=O)NCC(C)C)N(Cc1cccc(C)c1)C(=O)CN(c1ccc2c(c1)OCCO2)S(C)(=O)=O. The third kappa shape index (κ3) is 7.61. The van der Waals surface area contributed by atoms with Crippen molar-refractivity contribution in [2.24, 2.45) is 5.92 Å². The van der Waals surface area contributed by atoms with E-state index in [0.717, 1.165) is 21.7 Å². The van der Waals surface area contributed by atoms with E-state index in [4.69, 9.17) is 9.47 Å². The average Bonchev–Trinajstić information content (AvgIpc) is 2.84. The van der Waals surface area contributed by atoms with Crippen LogP contribution in [0.1, 0.15) is 38.3 Å². The molecule has 1 heterocycles. The average molecular weight is 532 g/mol. The van der Waals surface area contributed by atoms with Gasteiger partial charge in [-0.2, -0.15) is 0 Å². The molecule has 2 aromatic carbocycles. The van der Waals surface area contributed by atoms with Crippen LogP contribution < -0.4 is 19.1 Å². The van der Waals surface area contributed by atoms with Crippen molar-refractivity contribution >= 4 is 27.5 Å². The van der Waals surface area contributed by atoms with Gasteiger partial charge in [0.1, 0.15) is 25.8 Å². The van der Waals surface area contributed by atoms with E-state index < -0.39 is 28.5 Å². The molecule has 1 unspecified atom stereocenters. The predicted octanol–water partition coefficient (Wildman–Crippen LogP) is 3.11. The molecule has 0 radical (unpaired) electrons. The summed E-state index contributed by atoms with van der Waals surface area (Å²) >= 11 is 0. The molecule has 0 saturated heterocycles. The van der Waals surface area contributed by atoms with Crippen LogP contribution in [0.2, 0.25) is 0 Å². The zero-order valence-electron chi connectivity index (χ0n) is 22.2. The summed E-state index contributed by atoms with van der Waals surface area (Å²) in [5.74, 6) is 0.443. The molecule has 1 aliphatic rings. The number of fused-ring (bicyclic) bond motifs is 1. The molecule has 0 aliphatic carbocycles. The zero-order valence-corrected chi connectivity index (χ0v) is 23.0. The normalized spacial score (nSPS) is 13.7. The Balaban J connectivity index is 1.94. The first-order chi connectivity index (χ1) is 17.5. The van der Waals surface area contributed by atoms with Crippen molar-refractivity contribution in [2.75, 3.05) is 36.9 Å². The Kier molecular flexibility index (Phi) is 9.42. The minimum absolute atomic E-state index is 0.173. The summed E-state index contributed by atoms with van der Waals surface area (Å²) < 4.78 is 37.8. The lowest BCUT2D eigenvalue weighted by atomic mass is 10.1. The molecule has 2 amide bonds. The highest BCUT2D eigenvalue weighted by Gasteiger charge is 2.32. The number of ether oxygens (including phenoxy) is 2. The number of aryl methyl sites for hydroxylation is 1. The van der Waals surface area contributed by atoms with Gasteiger partial charge < -0.3 is 19.7 Å². The van der Waals surface area contributed by atoms with E-state index in [-0.39, 0.29) is 24.1 Å². The van der Waals surface area contributed by atoms with E-state index in [0.29, 0.717) is 37.7 Å². The third-order valence-electron chi connectivity index (χ3n) is 6.00. The molecule has 2 aromatic rings. The molecule has 0 bridgehead atoms. The van der Waals surface area contributed by atoms with Crippen molar-refractivity contribution in [2.45, 2.75) is 46.7 Å². The summed E-state index contributed by atoms with van der Waals surface area (Å²) in [4.78, 5) is 28.4. The lowest BCUT2D eigenvalue weighted by Gasteiger charge is -2.33. The molecule has 3 rings (SSSR count). The van der Waals surface area contributed by atoms with E-state index in [1.165, 1.54) is 4.90 Å². The molecule has 10 heteroatoms. The Labute approximate surface area is 219 Å². The van der Waals surface area contributed by atoms with Gasteiger partial charge in [0, 0.05) is 19.2 Å². The number of hydrogen-bond donors (Lipinski definition) is 1. The highest BCUT2D eigenvalue weighted by atomic mass is 32.2. The second kappa shape index (κ2) is 12.3. The summed E-state index contributed by atoms with van der Waals surface area (Å²) in [6, 6.07) is 11.7. The van der Waals surface area contributed by atoms with Gasteiger partial charge in [0.05, 0.1) is 11.9 Å². The van der Waals surface area contributed by atoms with Crippen LogP contribution in [0.15, 0.2) is 42.5 Å². The van der Waals surface area contributed by atoms with Gasteiger partial charge in [0.15, 0.2) is 11.5 Å². The van der Waals surface area contributed by atoms with Gasteiger partial charge in [0.25, 0.3) is 0 Å². The molecule has 37 heavy (non-hydrogen) atoms. The Hall–Kier alpha value is -3.27. The van der Waals surface area contributed by atoms with Crippen molar-refractivity contribution in [1.29, 1.82) is 0 Å². The van der Waals surface area contributed by atoms with E-state index >= 15 is 0 Å². The molecule has 0 saturated carbocycles. The maximum Gasteiger partial charge on any atom is 0.244 e. The standard InChI is InChI=1S/C27H37N3O6S/c1-6-23(27(32)28-16-19(2)3)29(17-21-9-7-8-20(4)14-21)26(31)18-30(37(5,33)34)22-10-11-24-25(15-22)36-13-12-35-24/h7-11,14-15,19,23H,6,12-13,16-18H2,1-5H3,(H,28,32). The fraction of sp³-hybridized carbons (Fsp3) is 0.481. The number of sulfonamides is 1. The smallest absolute Gasteiger partial charge is 0.244 e. The van der Waals surface area contributed by atoms with Crippen LogP contribution >= 0.6 is 0 Å². The Morgan fingerprint density at radius 3 is 2.38 bits per heavy atom. The maximum atomic E-state index is 13.8. The summed E-state index contributed by atoms with van der Waals surface area (Å²) in [6.45, 7) is 8.73. The molecular formula is C27H37N3O6S. The molecule has 9 nitrogen and oxygen atoms in total. The summed E-state index contributed by atoms with van der Waals surface area (Å²) in [5, 5.41) is 2.92. The van der Waals surface area contributed by atoms with E-state index in [9.17, 15) is 18.0 Å². The van der Waals surface area contributed by atoms with Crippen LogP contribution in [0.25, 0.3) is 0 Å². The number of amides is 2. The van der Waals surface area contributed by atoms with E-state index in [1.54, 1.807) is 18.2 Å². The number of anilines is 1. The lowest BCUT2D eigenvalue weighted by molar-refractivity contribution is -0.140. The second-order valence-corrected chi connectivity index (χ2v) is 11.6. The summed E-state index contributed by atoms with van der Waals surface area (Å²) in [6.07, 6.45) is 1.43. The fourth-order valence-corrected chi connectivity index (χ4v) is 4.99. The number of hydrogen-bond acceptors (Lipinski definition) is 6. The van der Waals surface area contributed by atoms with Crippen molar-refractivity contribution in [3.05, 3.63) is 53.6 Å². The van der Waals surface area contributed by atoms with E-state index in [1.807, 2.05) is 52.0 Å².